The summed E-state index contributed by atoms with van der Waals surface area (Å²) in [6.07, 6.45) is 5.04. The maximum atomic E-state index is 11.2. The van der Waals surface area contributed by atoms with E-state index < -0.39 is 5.97 Å². The van der Waals surface area contributed by atoms with Crippen molar-refractivity contribution in [2.45, 2.75) is 39.7 Å². The molecule has 106 valence electrons. The fourth-order valence-electron chi connectivity index (χ4n) is 3.03. The summed E-state index contributed by atoms with van der Waals surface area (Å²) in [7, 11) is 1.81. The minimum absolute atomic E-state index is 0.327. The van der Waals surface area contributed by atoms with Crippen molar-refractivity contribution in [3.63, 3.8) is 0 Å². The van der Waals surface area contributed by atoms with Crippen LogP contribution in [0.15, 0.2) is 6.20 Å². The van der Waals surface area contributed by atoms with Gasteiger partial charge in [0.25, 0.3) is 0 Å². The Morgan fingerprint density at radius 1 is 1.47 bits per heavy atom. The number of rotatable bonds is 5. The molecule has 0 saturated carbocycles. The number of carboxylic acids is 1. The van der Waals surface area contributed by atoms with Crippen LogP contribution in [-0.4, -0.2) is 38.8 Å². The SMILES string of the molecule is CCC1(CC)CCN(Cc2c(C(=O)O)cnn2C)C1. The van der Waals surface area contributed by atoms with Gasteiger partial charge in [-0.15, -0.1) is 0 Å². The molecule has 0 atom stereocenters. The third-order valence-electron chi connectivity index (χ3n) is 4.68. The quantitative estimate of drug-likeness (QED) is 0.886. The summed E-state index contributed by atoms with van der Waals surface area (Å²) in [5, 5.41) is 13.2. The highest BCUT2D eigenvalue weighted by Crippen LogP contribution is 2.37. The van der Waals surface area contributed by atoms with Gasteiger partial charge in [0, 0.05) is 20.1 Å². The first-order chi connectivity index (χ1) is 9.01. The minimum Gasteiger partial charge on any atom is -0.478 e. The van der Waals surface area contributed by atoms with Crippen molar-refractivity contribution in [2.75, 3.05) is 13.1 Å². The van der Waals surface area contributed by atoms with Crippen molar-refractivity contribution >= 4 is 5.97 Å². The lowest BCUT2D eigenvalue weighted by Gasteiger charge is -2.26. The monoisotopic (exact) mass is 265 g/mol. The summed E-state index contributed by atoms with van der Waals surface area (Å²) >= 11 is 0. The smallest absolute Gasteiger partial charge is 0.339 e. The number of hydrogen-bond donors (Lipinski definition) is 1. The molecule has 0 aliphatic carbocycles. The van der Waals surface area contributed by atoms with Gasteiger partial charge in [0.2, 0.25) is 0 Å². The van der Waals surface area contributed by atoms with Crippen LogP contribution in [0.1, 0.15) is 49.2 Å². The van der Waals surface area contributed by atoms with Gasteiger partial charge in [-0.1, -0.05) is 13.8 Å². The van der Waals surface area contributed by atoms with Gasteiger partial charge < -0.3 is 5.11 Å². The Morgan fingerprint density at radius 3 is 2.68 bits per heavy atom. The topological polar surface area (TPSA) is 58.4 Å². The van der Waals surface area contributed by atoms with E-state index in [9.17, 15) is 9.90 Å². The largest absolute Gasteiger partial charge is 0.478 e. The molecule has 0 amide bonds. The van der Waals surface area contributed by atoms with E-state index in [0.29, 0.717) is 17.5 Å². The van der Waals surface area contributed by atoms with E-state index in [2.05, 4.69) is 23.8 Å². The average molecular weight is 265 g/mol. The molecular weight excluding hydrogens is 242 g/mol. The lowest BCUT2D eigenvalue weighted by Crippen LogP contribution is -2.27. The van der Waals surface area contributed by atoms with E-state index in [0.717, 1.165) is 18.8 Å². The van der Waals surface area contributed by atoms with Crippen molar-refractivity contribution in [3.05, 3.63) is 17.5 Å². The van der Waals surface area contributed by atoms with Crippen molar-refractivity contribution in [2.24, 2.45) is 12.5 Å². The van der Waals surface area contributed by atoms with Crippen molar-refractivity contribution in [1.82, 2.24) is 14.7 Å². The molecule has 5 heteroatoms. The third-order valence-corrected chi connectivity index (χ3v) is 4.68. The molecule has 1 aliphatic heterocycles. The minimum atomic E-state index is -0.889. The summed E-state index contributed by atoms with van der Waals surface area (Å²) in [6, 6.07) is 0. The fourth-order valence-corrected chi connectivity index (χ4v) is 3.03. The second kappa shape index (κ2) is 5.33. The Balaban J connectivity index is 2.11. The Hall–Kier alpha value is -1.36. The van der Waals surface area contributed by atoms with Gasteiger partial charge in [-0.25, -0.2) is 4.79 Å². The van der Waals surface area contributed by atoms with Crippen LogP contribution in [0.3, 0.4) is 0 Å². The van der Waals surface area contributed by atoms with Gasteiger partial charge in [0.05, 0.1) is 11.9 Å². The Morgan fingerprint density at radius 2 is 2.16 bits per heavy atom. The lowest BCUT2D eigenvalue weighted by molar-refractivity contribution is 0.0694. The zero-order chi connectivity index (χ0) is 14.0. The molecular formula is C14H23N3O2. The molecule has 0 unspecified atom stereocenters. The van der Waals surface area contributed by atoms with E-state index in [-0.39, 0.29) is 0 Å². The first-order valence-corrected chi connectivity index (χ1v) is 6.98. The molecule has 0 bridgehead atoms. The molecule has 2 heterocycles. The molecule has 0 aromatic carbocycles. The molecule has 0 spiro atoms. The van der Waals surface area contributed by atoms with Gasteiger partial charge in [-0.3, -0.25) is 9.58 Å². The van der Waals surface area contributed by atoms with Gasteiger partial charge in [-0.05, 0) is 31.2 Å². The number of carboxylic acid groups (broad SMARTS) is 1. The maximum Gasteiger partial charge on any atom is 0.339 e. The predicted octanol–water partition coefficient (Wildman–Crippen LogP) is 2.13. The second-order valence-corrected chi connectivity index (χ2v) is 5.60. The maximum absolute atomic E-state index is 11.2. The zero-order valence-electron chi connectivity index (χ0n) is 12.0. The highest BCUT2D eigenvalue weighted by Gasteiger charge is 2.35. The van der Waals surface area contributed by atoms with E-state index in [1.54, 1.807) is 4.68 Å². The summed E-state index contributed by atoms with van der Waals surface area (Å²) in [5.41, 5.74) is 1.55. The molecule has 5 nitrogen and oxygen atoms in total. The van der Waals surface area contributed by atoms with Crippen LogP contribution in [0.5, 0.6) is 0 Å². The second-order valence-electron chi connectivity index (χ2n) is 5.60. The number of likely N-dealkylation sites (tertiary alicyclic amines) is 1. The van der Waals surface area contributed by atoms with Gasteiger partial charge in [-0.2, -0.15) is 5.10 Å². The highest BCUT2D eigenvalue weighted by atomic mass is 16.4. The zero-order valence-corrected chi connectivity index (χ0v) is 12.0. The first-order valence-electron chi connectivity index (χ1n) is 6.98. The van der Waals surface area contributed by atoms with Crippen molar-refractivity contribution in [3.8, 4) is 0 Å². The van der Waals surface area contributed by atoms with Crippen molar-refractivity contribution in [1.29, 1.82) is 0 Å². The van der Waals surface area contributed by atoms with Gasteiger partial charge in [0.1, 0.15) is 5.56 Å². The van der Waals surface area contributed by atoms with Crippen LogP contribution in [0, 0.1) is 5.41 Å². The molecule has 1 fully saturated rings. The van der Waals surface area contributed by atoms with E-state index in [1.165, 1.54) is 25.5 Å². The summed E-state index contributed by atoms with van der Waals surface area (Å²) in [6.45, 7) is 7.29. The number of hydrogen-bond acceptors (Lipinski definition) is 3. The van der Waals surface area contributed by atoms with Crippen LogP contribution in [0.25, 0.3) is 0 Å². The normalized spacial score (nSPS) is 18.9. The summed E-state index contributed by atoms with van der Waals surface area (Å²) in [5.74, 6) is -0.889. The predicted molar refractivity (Wildman–Crippen MR) is 73.1 cm³/mol. The standard InChI is InChI=1S/C14H23N3O2/c1-4-14(5-2)6-7-17(10-14)9-12-11(13(18)19)8-15-16(12)3/h8H,4-7,9-10H2,1-3H3,(H,18,19). The molecule has 1 N–H and O–H groups in total. The number of aromatic nitrogens is 2. The molecule has 1 aromatic rings. The summed E-state index contributed by atoms with van der Waals surface area (Å²) < 4.78 is 1.68. The molecule has 1 aliphatic rings. The van der Waals surface area contributed by atoms with Crippen molar-refractivity contribution < 1.29 is 9.90 Å². The number of carbonyl (C=O) groups is 1. The van der Waals surface area contributed by atoms with Crippen LogP contribution < -0.4 is 0 Å². The van der Waals surface area contributed by atoms with Crippen LogP contribution in [0.4, 0.5) is 0 Å². The first kappa shape index (κ1) is 14.1. The molecule has 0 radical (unpaired) electrons. The van der Waals surface area contributed by atoms with Crippen LogP contribution >= 0.6 is 0 Å². The van der Waals surface area contributed by atoms with Crippen LogP contribution in [-0.2, 0) is 13.6 Å². The Kier molecular flexibility index (Phi) is 3.94. The number of aryl methyl sites for hydroxylation is 1. The number of nitrogens with zero attached hydrogens (tertiary/aromatic N) is 3. The molecule has 1 saturated heterocycles. The van der Waals surface area contributed by atoms with E-state index in [1.807, 2.05) is 7.05 Å². The van der Waals surface area contributed by atoms with Gasteiger partial charge >= 0.3 is 5.97 Å². The Labute approximate surface area is 114 Å². The highest BCUT2D eigenvalue weighted by molar-refractivity contribution is 5.88. The van der Waals surface area contributed by atoms with Crippen LogP contribution in [0.2, 0.25) is 0 Å². The molecule has 19 heavy (non-hydrogen) atoms. The number of aromatic carboxylic acids is 1. The van der Waals surface area contributed by atoms with Gasteiger partial charge in [0.15, 0.2) is 0 Å². The fraction of sp³-hybridized carbons (Fsp3) is 0.714. The average Bonchev–Trinajstić information content (AvgIpc) is 2.96. The van der Waals surface area contributed by atoms with E-state index >= 15 is 0 Å². The molecule has 1 aromatic heterocycles. The lowest BCUT2D eigenvalue weighted by atomic mass is 9.82. The molecule has 2 rings (SSSR count). The third kappa shape index (κ3) is 2.66. The summed E-state index contributed by atoms with van der Waals surface area (Å²) in [4.78, 5) is 13.5. The van der Waals surface area contributed by atoms with E-state index in [4.69, 9.17) is 0 Å². The Bertz CT molecular complexity index is 463.